The van der Waals surface area contributed by atoms with Gasteiger partial charge in [-0.15, -0.1) is 0 Å². The molecule has 0 aliphatic carbocycles. The van der Waals surface area contributed by atoms with Crippen LogP contribution in [0.5, 0.6) is 0 Å². The first kappa shape index (κ1) is 59.2. The molecule has 0 saturated heterocycles. The first-order valence-corrected chi connectivity index (χ1v) is 24.4. The molecule has 9 nitrogen and oxygen atoms in total. The number of carbonyl (C=O) groups excluding carboxylic acids is 2. The molecule has 0 amide bonds. The van der Waals surface area contributed by atoms with Crippen molar-refractivity contribution < 1.29 is 42.9 Å². The number of aliphatic carboxylic acids is 1. The molecule has 9 heteroatoms. The second-order valence-corrected chi connectivity index (χ2v) is 17.0. The van der Waals surface area contributed by atoms with Crippen LogP contribution in [0.3, 0.4) is 0 Å². The van der Waals surface area contributed by atoms with Crippen LogP contribution in [-0.2, 0) is 33.3 Å². The van der Waals surface area contributed by atoms with Crippen molar-refractivity contribution in [2.45, 2.75) is 180 Å². The molecule has 2 unspecified atom stereocenters. The Morgan fingerprint density at radius 1 is 0.492 bits per heavy atom. The van der Waals surface area contributed by atoms with Crippen molar-refractivity contribution >= 4 is 17.9 Å². The number of carbonyl (C=O) groups is 3. The molecule has 358 valence electrons. The molecular weight excluding hydrogens is 791 g/mol. The van der Waals surface area contributed by atoms with E-state index in [4.69, 9.17) is 18.9 Å². The van der Waals surface area contributed by atoms with Gasteiger partial charge in [-0.3, -0.25) is 9.59 Å². The second-order valence-electron chi connectivity index (χ2n) is 17.0. The number of likely N-dealkylation sites (N-methyl/N-ethyl adjacent to an activating group) is 1. The van der Waals surface area contributed by atoms with Crippen molar-refractivity contribution in [1.82, 2.24) is 0 Å². The van der Waals surface area contributed by atoms with Crippen LogP contribution >= 0.6 is 0 Å². The molecule has 2 atom stereocenters. The Labute approximate surface area is 384 Å². The molecule has 0 aromatic carbocycles. The van der Waals surface area contributed by atoms with Crippen LogP contribution in [0, 0.1) is 0 Å². The number of ether oxygens (including phenoxy) is 4. The molecule has 0 aromatic rings. The number of rotatable bonds is 43. The number of hydrogen-bond acceptors (Lipinski definition) is 7. The Kier molecular flexibility index (Phi) is 42.1. The summed E-state index contributed by atoms with van der Waals surface area (Å²) >= 11 is 0. The van der Waals surface area contributed by atoms with Crippen molar-refractivity contribution in [3.63, 3.8) is 0 Å². The number of unbranched alkanes of at least 4 members (excludes halogenated alkanes) is 12. The maximum absolute atomic E-state index is 12.8. The molecule has 1 N–H and O–H groups in total. The van der Waals surface area contributed by atoms with E-state index in [2.05, 4.69) is 105 Å². The Bertz CT molecular complexity index is 1350. The molecule has 0 spiro atoms. The summed E-state index contributed by atoms with van der Waals surface area (Å²) in [6.07, 6.45) is 56.2. The zero-order valence-electron chi connectivity index (χ0n) is 40.4. The minimum Gasteiger partial charge on any atom is -0.477 e. The van der Waals surface area contributed by atoms with Crippen molar-refractivity contribution in [2.75, 3.05) is 47.5 Å². The number of nitrogens with zero attached hydrogens (tertiary/aromatic N) is 1. The summed E-state index contributed by atoms with van der Waals surface area (Å²) in [6.45, 7) is 4.64. The average Bonchev–Trinajstić information content (AvgIpc) is 3.24. The number of quaternary nitrogens is 1. The largest absolute Gasteiger partial charge is 0.477 e. The van der Waals surface area contributed by atoms with Gasteiger partial charge in [-0.2, -0.15) is 0 Å². The Morgan fingerprint density at radius 2 is 0.921 bits per heavy atom. The fourth-order valence-corrected chi connectivity index (χ4v) is 6.05. The van der Waals surface area contributed by atoms with Gasteiger partial charge in [0.2, 0.25) is 0 Å². The van der Waals surface area contributed by atoms with Gasteiger partial charge in [-0.1, -0.05) is 162 Å². The van der Waals surface area contributed by atoms with E-state index in [0.29, 0.717) is 23.9 Å². The first-order chi connectivity index (χ1) is 30.6. The van der Waals surface area contributed by atoms with Crippen LogP contribution in [0.15, 0.2) is 97.2 Å². The zero-order valence-corrected chi connectivity index (χ0v) is 40.4. The predicted molar refractivity (Wildman–Crippen MR) is 262 cm³/mol. The third kappa shape index (κ3) is 46.0. The summed E-state index contributed by atoms with van der Waals surface area (Å²) < 4.78 is 22.7. The van der Waals surface area contributed by atoms with Gasteiger partial charge in [0, 0.05) is 12.8 Å². The lowest BCUT2D eigenvalue weighted by Gasteiger charge is -2.25. The highest BCUT2D eigenvalue weighted by molar-refractivity contribution is 5.71. The highest BCUT2D eigenvalue weighted by Crippen LogP contribution is 2.12. The van der Waals surface area contributed by atoms with Crippen LogP contribution in [0.25, 0.3) is 0 Å². The van der Waals surface area contributed by atoms with Gasteiger partial charge >= 0.3 is 17.9 Å². The number of allylic oxidation sites excluding steroid dienone is 16. The van der Waals surface area contributed by atoms with E-state index in [0.717, 1.165) is 77.0 Å². The molecule has 63 heavy (non-hydrogen) atoms. The van der Waals surface area contributed by atoms with Crippen LogP contribution in [0.2, 0.25) is 0 Å². The normalized spacial score (nSPS) is 13.7. The van der Waals surface area contributed by atoms with Crippen LogP contribution in [0.1, 0.15) is 168 Å². The number of carboxylic acid groups (broad SMARTS) is 1. The third-order valence-electron chi connectivity index (χ3n) is 9.82. The van der Waals surface area contributed by atoms with Crippen molar-refractivity contribution in [1.29, 1.82) is 0 Å². The van der Waals surface area contributed by atoms with Crippen LogP contribution in [-0.4, -0.2) is 87.4 Å². The van der Waals surface area contributed by atoms with E-state index >= 15 is 0 Å². The highest BCUT2D eigenvalue weighted by atomic mass is 16.7. The van der Waals surface area contributed by atoms with E-state index in [-0.39, 0.29) is 38.6 Å². The molecule has 0 fully saturated rings. The van der Waals surface area contributed by atoms with E-state index in [9.17, 15) is 19.5 Å². The van der Waals surface area contributed by atoms with Gasteiger partial charge in [-0.05, 0) is 89.9 Å². The summed E-state index contributed by atoms with van der Waals surface area (Å²) in [5, 5.41) is 9.65. The number of esters is 2. The maximum atomic E-state index is 12.8. The summed E-state index contributed by atoms with van der Waals surface area (Å²) in [7, 11) is 5.92. The van der Waals surface area contributed by atoms with Crippen LogP contribution < -0.4 is 0 Å². The summed E-state index contributed by atoms with van der Waals surface area (Å²) in [6, 6.07) is 0. The van der Waals surface area contributed by atoms with Crippen molar-refractivity contribution in [2.24, 2.45) is 0 Å². The second kappa shape index (κ2) is 44.8. The SMILES string of the molecule is CC/C=C\C/C=C\C/C=C\C/C=C\C/C=C\CCCC(=O)OC(COC(=O)CCCCCCCC/C=C\C/C=C\C/C=C\CCCCCCC)COC(OCC[N+](C)(C)C)C(=O)O. The Hall–Kier alpha value is -3.79. The molecule has 0 radical (unpaired) electrons. The molecule has 0 bridgehead atoms. The van der Waals surface area contributed by atoms with Gasteiger partial charge in [-0.25, -0.2) is 4.79 Å². The third-order valence-corrected chi connectivity index (χ3v) is 9.82. The topological polar surface area (TPSA) is 108 Å². The zero-order chi connectivity index (χ0) is 46.3. The predicted octanol–water partition coefficient (Wildman–Crippen LogP) is 13.4. The van der Waals surface area contributed by atoms with E-state index in [1.165, 1.54) is 51.4 Å². The first-order valence-electron chi connectivity index (χ1n) is 24.4. The van der Waals surface area contributed by atoms with Gasteiger partial charge in [0.15, 0.2) is 6.10 Å². The van der Waals surface area contributed by atoms with E-state index < -0.39 is 24.3 Å². The molecular formula is C54H90NO8+. The summed E-state index contributed by atoms with van der Waals surface area (Å²) in [4.78, 5) is 37.2. The number of hydrogen-bond donors (Lipinski definition) is 1. The van der Waals surface area contributed by atoms with Gasteiger partial charge in [0.05, 0.1) is 34.4 Å². The van der Waals surface area contributed by atoms with Crippen molar-refractivity contribution in [3.8, 4) is 0 Å². The fraction of sp³-hybridized carbons (Fsp3) is 0.648. The summed E-state index contributed by atoms with van der Waals surface area (Å²) in [5.41, 5.74) is 0. The molecule has 0 aromatic heterocycles. The number of carboxylic acids is 1. The lowest BCUT2D eigenvalue weighted by atomic mass is 10.1. The molecule has 0 saturated carbocycles. The van der Waals surface area contributed by atoms with Crippen LogP contribution in [0.4, 0.5) is 0 Å². The summed E-state index contributed by atoms with van der Waals surface area (Å²) in [5.74, 6) is -2.12. The molecule has 0 aliphatic heterocycles. The average molecular weight is 881 g/mol. The minimum absolute atomic E-state index is 0.169. The molecule has 0 rings (SSSR count). The van der Waals surface area contributed by atoms with Gasteiger partial charge in [0.1, 0.15) is 13.2 Å². The van der Waals surface area contributed by atoms with Gasteiger partial charge in [0.25, 0.3) is 6.29 Å². The van der Waals surface area contributed by atoms with E-state index in [1.807, 2.05) is 27.2 Å². The molecule has 0 aliphatic rings. The van der Waals surface area contributed by atoms with Crippen molar-refractivity contribution in [3.05, 3.63) is 97.2 Å². The molecule has 0 heterocycles. The van der Waals surface area contributed by atoms with E-state index in [1.54, 1.807) is 0 Å². The minimum atomic E-state index is -1.53. The maximum Gasteiger partial charge on any atom is 0.361 e. The smallest absolute Gasteiger partial charge is 0.361 e. The Balaban J connectivity index is 4.50. The fourth-order valence-electron chi connectivity index (χ4n) is 6.05. The Morgan fingerprint density at radius 3 is 1.40 bits per heavy atom. The quantitative estimate of drug-likeness (QED) is 0.0212. The lowest BCUT2D eigenvalue weighted by molar-refractivity contribution is -0.870. The van der Waals surface area contributed by atoms with Gasteiger partial charge < -0.3 is 28.5 Å². The lowest BCUT2D eigenvalue weighted by Crippen LogP contribution is -2.40. The highest BCUT2D eigenvalue weighted by Gasteiger charge is 2.25. The monoisotopic (exact) mass is 881 g/mol. The standard InChI is InChI=1S/C54H89NO8/c1-6-8-10-12-14-16-18-20-22-24-25-26-27-29-30-32-34-36-38-40-42-44-51(56)61-48-50(49-62-54(53(58)59)60-47-46-55(3,4)5)63-52(57)45-43-41-39-37-35-33-31-28-23-21-19-17-15-13-11-9-7-2/h9,11,15,17-18,20-21,23-25,27,29,31,33,37,39,50,54H,6-8,10,12-14,16,19,22,26,28,30,32,34-36,38,40-49H2,1-5H3/p+1/b11-9-,17-15-,20-18-,23-21-,25-24-,29-27-,33-31-,39-37-.